The van der Waals surface area contributed by atoms with Gasteiger partial charge in [-0.3, -0.25) is 0 Å². The number of aliphatic hydroxyl groups excluding tert-OH is 1. The molecule has 0 radical (unpaired) electrons. The van der Waals surface area contributed by atoms with Gasteiger partial charge in [-0.1, -0.05) is 0 Å². The van der Waals surface area contributed by atoms with Crippen molar-refractivity contribution in [2.45, 2.75) is 32.4 Å². The molecule has 2 unspecified atom stereocenters. The van der Waals surface area contributed by atoms with E-state index in [0.717, 1.165) is 19.5 Å². The van der Waals surface area contributed by atoms with Crippen LogP contribution in [0.5, 0.6) is 0 Å². The summed E-state index contributed by atoms with van der Waals surface area (Å²) < 4.78 is 0. The maximum Gasteiger partial charge on any atom is 0.0604 e. The highest BCUT2D eigenvalue weighted by Crippen LogP contribution is 2.17. The SMILES string of the molecule is CC(C)N1CCC(O)C(CN)C1. The number of aliphatic hydroxyl groups is 1. The van der Waals surface area contributed by atoms with Gasteiger partial charge in [-0.05, 0) is 26.8 Å². The molecule has 0 aromatic carbocycles. The van der Waals surface area contributed by atoms with E-state index in [1.165, 1.54) is 0 Å². The molecule has 12 heavy (non-hydrogen) atoms. The van der Waals surface area contributed by atoms with Crippen LogP contribution in [-0.2, 0) is 0 Å². The van der Waals surface area contributed by atoms with Crippen molar-refractivity contribution in [3.05, 3.63) is 0 Å². The van der Waals surface area contributed by atoms with E-state index in [1.54, 1.807) is 0 Å². The predicted molar refractivity (Wildman–Crippen MR) is 49.9 cm³/mol. The molecule has 0 aliphatic carbocycles. The van der Waals surface area contributed by atoms with Crippen molar-refractivity contribution in [1.82, 2.24) is 4.90 Å². The average molecular weight is 172 g/mol. The average Bonchev–Trinajstić information content (AvgIpc) is 2.05. The third kappa shape index (κ3) is 2.19. The fourth-order valence-electron chi connectivity index (χ4n) is 1.75. The van der Waals surface area contributed by atoms with Gasteiger partial charge in [-0.2, -0.15) is 0 Å². The molecule has 3 N–H and O–H groups in total. The van der Waals surface area contributed by atoms with E-state index in [1.807, 2.05) is 0 Å². The van der Waals surface area contributed by atoms with E-state index in [2.05, 4.69) is 18.7 Å². The van der Waals surface area contributed by atoms with Crippen LogP contribution in [0.2, 0.25) is 0 Å². The van der Waals surface area contributed by atoms with Gasteiger partial charge in [0.15, 0.2) is 0 Å². The van der Waals surface area contributed by atoms with Gasteiger partial charge >= 0.3 is 0 Å². The van der Waals surface area contributed by atoms with E-state index in [-0.39, 0.29) is 12.0 Å². The van der Waals surface area contributed by atoms with Crippen LogP contribution in [0.15, 0.2) is 0 Å². The fourth-order valence-corrected chi connectivity index (χ4v) is 1.75. The molecule has 0 bridgehead atoms. The molecule has 1 aliphatic heterocycles. The highest BCUT2D eigenvalue weighted by Gasteiger charge is 2.27. The van der Waals surface area contributed by atoms with Gasteiger partial charge in [-0.15, -0.1) is 0 Å². The second-order valence-corrected chi connectivity index (χ2v) is 3.94. The Bertz CT molecular complexity index is 138. The number of nitrogens with two attached hydrogens (primary N) is 1. The zero-order valence-corrected chi connectivity index (χ0v) is 8.03. The Labute approximate surface area is 74.5 Å². The first-order valence-electron chi connectivity index (χ1n) is 4.77. The maximum atomic E-state index is 9.56. The summed E-state index contributed by atoms with van der Waals surface area (Å²) >= 11 is 0. The molecule has 1 heterocycles. The van der Waals surface area contributed by atoms with Crippen LogP contribution in [0.25, 0.3) is 0 Å². The Morgan fingerprint density at radius 3 is 2.75 bits per heavy atom. The zero-order valence-electron chi connectivity index (χ0n) is 8.03. The van der Waals surface area contributed by atoms with Crippen molar-refractivity contribution >= 4 is 0 Å². The van der Waals surface area contributed by atoms with Gasteiger partial charge in [-0.25, -0.2) is 0 Å². The second-order valence-electron chi connectivity index (χ2n) is 3.94. The molecule has 72 valence electrons. The summed E-state index contributed by atoms with van der Waals surface area (Å²) in [7, 11) is 0. The minimum atomic E-state index is -0.176. The normalized spacial score (nSPS) is 32.8. The maximum absolute atomic E-state index is 9.56. The molecular formula is C9H20N2O. The molecule has 1 fully saturated rings. The Morgan fingerprint density at radius 1 is 1.58 bits per heavy atom. The van der Waals surface area contributed by atoms with Gasteiger partial charge in [0.1, 0.15) is 0 Å². The lowest BCUT2D eigenvalue weighted by Crippen LogP contribution is -2.48. The first-order valence-corrected chi connectivity index (χ1v) is 4.77. The third-order valence-electron chi connectivity index (χ3n) is 2.76. The van der Waals surface area contributed by atoms with Crippen LogP contribution in [0.1, 0.15) is 20.3 Å². The largest absolute Gasteiger partial charge is 0.393 e. The van der Waals surface area contributed by atoms with Gasteiger partial charge in [0.2, 0.25) is 0 Å². The van der Waals surface area contributed by atoms with Crippen LogP contribution in [0, 0.1) is 5.92 Å². The molecule has 0 spiro atoms. The summed E-state index contributed by atoms with van der Waals surface area (Å²) in [6, 6.07) is 0.576. The highest BCUT2D eigenvalue weighted by atomic mass is 16.3. The standard InChI is InChI=1S/C9H20N2O/c1-7(2)11-4-3-9(12)8(5-10)6-11/h7-9,12H,3-6,10H2,1-2H3. The van der Waals surface area contributed by atoms with Crippen molar-refractivity contribution in [3.8, 4) is 0 Å². The van der Waals surface area contributed by atoms with Crippen LogP contribution in [0.3, 0.4) is 0 Å². The molecule has 2 atom stereocenters. The summed E-state index contributed by atoms with van der Waals surface area (Å²) in [5.74, 6) is 0.279. The molecule has 0 saturated carbocycles. The van der Waals surface area contributed by atoms with Crippen molar-refractivity contribution in [2.24, 2.45) is 11.7 Å². The van der Waals surface area contributed by atoms with Gasteiger partial charge in [0.25, 0.3) is 0 Å². The molecule has 3 nitrogen and oxygen atoms in total. The van der Waals surface area contributed by atoms with E-state index in [0.29, 0.717) is 12.6 Å². The molecule has 1 aliphatic rings. The molecule has 0 amide bonds. The van der Waals surface area contributed by atoms with Gasteiger partial charge < -0.3 is 15.7 Å². The lowest BCUT2D eigenvalue weighted by Gasteiger charge is -2.37. The Balaban J connectivity index is 2.44. The number of piperidine rings is 1. The number of hydrogen-bond donors (Lipinski definition) is 2. The quantitative estimate of drug-likeness (QED) is 0.618. The smallest absolute Gasteiger partial charge is 0.0604 e. The Morgan fingerprint density at radius 2 is 2.25 bits per heavy atom. The van der Waals surface area contributed by atoms with E-state index in [4.69, 9.17) is 5.73 Å². The predicted octanol–water partition coefficient (Wildman–Crippen LogP) is 0.0363. The lowest BCUT2D eigenvalue weighted by molar-refractivity contribution is 0.0193. The van der Waals surface area contributed by atoms with Crippen LogP contribution >= 0.6 is 0 Å². The fraction of sp³-hybridized carbons (Fsp3) is 1.00. The van der Waals surface area contributed by atoms with Gasteiger partial charge in [0, 0.05) is 25.0 Å². The van der Waals surface area contributed by atoms with Crippen LogP contribution in [-0.4, -0.2) is 41.8 Å². The zero-order chi connectivity index (χ0) is 9.14. The summed E-state index contributed by atoms with van der Waals surface area (Å²) in [5, 5.41) is 9.56. The minimum Gasteiger partial charge on any atom is -0.393 e. The van der Waals surface area contributed by atoms with E-state index >= 15 is 0 Å². The molecule has 1 saturated heterocycles. The summed E-state index contributed by atoms with van der Waals surface area (Å²) in [4.78, 5) is 2.38. The van der Waals surface area contributed by atoms with Crippen molar-refractivity contribution in [3.63, 3.8) is 0 Å². The van der Waals surface area contributed by atoms with Gasteiger partial charge in [0.05, 0.1) is 6.10 Å². The molecular weight excluding hydrogens is 152 g/mol. The molecule has 3 heteroatoms. The first kappa shape index (κ1) is 9.96. The number of rotatable bonds is 2. The number of hydrogen-bond acceptors (Lipinski definition) is 3. The summed E-state index contributed by atoms with van der Waals surface area (Å²) in [5.41, 5.74) is 5.57. The Kier molecular flexibility index (Phi) is 3.50. The van der Waals surface area contributed by atoms with Crippen molar-refractivity contribution in [2.75, 3.05) is 19.6 Å². The van der Waals surface area contributed by atoms with Crippen LogP contribution < -0.4 is 5.73 Å². The topological polar surface area (TPSA) is 49.5 Å². The second kappa shape index (κ2) is 4.21. The van der Waals surface area contributed by atoms with E-state index < -0.39 is 0 Å². The monoisotopic (exact) mass is 172 g/mol. The van der Waals surface area contributed by atoms with Crippen LogP contribution in [0.4, 0.5) is 0 Å². The minimum absolute atomic E-state index is 0.176. The lowest BCUT2D eigenvalue weighted by atomic mass is 9.94. The van der Waals surface area contributed by atoms with Crippen molar-refractivity contribution < 1.29 is 5.11 Å². The van der Waals surface area contributed by atoms with E-state index in [9.17, 15) is 5.11 Å². The molecule has 1 rings (SSSR count). The first-order chi connectivity index (χ1) is 5.65. The molecule has 0 aromatic heterocycles. The summed E-state index contributed by atoms with van der Waals surface area (Å²) in [6.45, 7) is 6.94. The Hall–Kier alpha value is -0.120. The highest BCUT2D eigenvalue weighted by molar-refractivity contribution is 4.81. The number of likely N-dealkylation sites (tertiary alicyclic amines) is 1. The summed E-state index contributed by atoms with van der Waals surface area (Å²) in [6.07, 6.45) is 0.699. The molecule has 0 aromatic rings. The van der Waals surface area contributed by atoms with Crippen molar-refractivity contribution in [1.29, 1.82) is 0 Å². The number of nitrogens with zero attached hydrogens (tertiary/aromatic N) is 1. The third-order valence-corrected chi connectivity index (χ3v) is 2.76.